The van der Waals surface area contributed by atoms with Gasteiger partial charge in [-0.25, -0.2) is 5.43 Å². The lowest BCUT2D eigenvalue weighted by Gasteiger charge is -2.03. The number of aromatic nitrogens is 2. The van der Waals surface area contributed by atoms with Crippen LogP contribution in [0.1, 0.15) is 21.5 Å². The molecule has 0 aliphatic heterocycles. The Hall–Kier alpha value is -4.78. The summed E-state index contributed by atoms with van der Waals surface area (Å²) in [6.45, 7) is 0. The van der Waals surface area contributed by atoms with Gasteiger partial charge in [-0.05, 0) is 36.4 Å². The topological polar surface area (TPSA) is 172 Å². The lowest BCUT2D eigenvalue weighted by molar-refractivity contribution is 0.0955. The molecule has 1 amide bonds. The molecule has 0 bridgehead atoms. The van der Waals surface area contributed by atoms with Gasteiger partial charge in [0, 0.05) is 50.9 Å². The number of amides is 1. The number of aromatic amines is 2. The number of anilines is 1. The van der Waals surface area contributed by atoms with Crippen LogP contribution in [-0.4, -0.2) is 45.8 Å². The van der Waals surface area contributed by atoms with Crippen LogP contribution < -0.4 is 10.9 Å². The number of nitrogens with zero attached hydrogens (tertiary/aromatic N) is 2. The molecule has 0 unspecified atom stereocenters. The van der Waals surface area contributed by atoms with Crippen LogP contribution >= 0.6 is 0 Å². The molecular weight excluding hydrogens is 496 g/mol. The summed E-state index contributed by atoms with van der Waals surface area (Å²) in [5.74, 6) is -0.282. The van der Waals surface area contributed by atoms with Gasteiger partial charge >= 0.3 is 10.4 Å². The van der Waals surface area contributed by atoms with E-state index in [1.54, 1.807) is 36.7 Å². The summed E-state index contributed by atoms with van der Waals surface area (Å²) in [5, 5.41) is 10.5. The van der Waals surface area contributed by atoms with E-state index in [4.69, 9.17) is 17.5 Å². The number of hydrogen-bond donors (Lipinski definition) is 6. The highest BCUT2D eigenvalue weighted by atomic mass is 32.3. The van der Waals surface area contributed by atoms with Crippen molar-refractivity contribution in [2.75, 3.05) is 5.43 Å². The zero-order valence-electron chi connectivity index (χ0n) is 19.2. The van der Waals surface area contributed by atoms with Gasteiger partial charge in [-0.1, -0.05) is 36.4 Å². The highest BCUT2D eigenvalue weighted by Gasteiger charge is 2.05. The van der Waals surface area contributed by atoms with Crippen LogP contribution in [0.5, 0.6) is 0 Å². The Labute approximate surface area is 211 Å². The third-order valence-corrected chi connectivity index (χ3v) is 5.16. The predicted octanol–water partition coefficient (Wildman–Crippen LogP) is 4.21. The number of para-hydroxylation sites is 2. The van der Waals surface area contributed by atoms with Crippen molar-refractivity contribution in [3.8, 4) is 0 Å². The molecule has 0 atom stereocenters. The molecule has 11 nitrogen and oxygen atoms in total. The Kier molecular flexibility index (Phi) is 7.74. The highest BCUT2D eigenvalue weighted by molar-refractivity contribution is 7.79. The van der Waals surface area contributed by atoms with Crippen LogP contribution in [0, 0.1) is 0 Å². The van der Waals surface area contributed by atoms with Crippen molar-refractivity contribution >= 4 is 56.2 Å². The van der Waals surface area contributed by atoms with Crippen molar-refractivity contribution in [3.05, 3.63) is 102 Å². The molecule has 5 rings (SSSR count). The Morgan fingerprint density at radius 1 is 0.757 bits per heavy atom. The van der Waals surface area contributed by atoms with E-state index in [2.05, 4.69) is 31.0 Å². The van der Waals surface area contributed by atoms with E-state index in [1.807, 2.05) is 60.9 Å². The molecule has 188 valence electrons. The van der Waals surface area contributed by atoms with Gasteiger partial charge in [0.15, 0.2) is 0 Å². The largest absolute Gasteiger partial charge is 0.394 e. The predicted molar refractivity (Wildman–Crippen MR) is 143 cm³/mol. The number of rotatable bonds is 6. The minimum Gasteiger partial charge on any atom is -0.361 e. The van der Waals surface area contributed by atoms with Crippen LogP contribution in [-0.2, 0) is 10.4 Å². The van der Waals surface area contributed by atoms with Gasteiger partial charge in [0.25, 0.3) is 5.91 Å². The fourth-order valence-electron chi connectivity index (χ4n) is 3.50. The van der Waals surface area contributed by atoms with Crippen LogP contribution in [0.15, 0.2) is 95.4 Å². The van der Waals surface area contributed by atoms with E-state index >= 15 is 0 Å². The molecule has 37 heavy (non-hydrogen) atoms. The van der Waals surface area contributed by atoms with Gasteiger partial charge < -0.3 is 9.97 Å². The molecule has 0 aliphatic rings. The minimum atomic E-state index is -4.67. The van der Waals surface area contributed by atoms with E-state index in [0.29, 0.717) is 5.56 Å². The van der Waals surface area contributed by atoms with Crippen molar-refractivity contribution in [3.63, 3.8) is 0 Å². The lowest BCUT2D eigenvalue weighted by atomic mass is 10.2. The zero-order chi connectivity index (χ0) is 26.3. The molecule has 2 aromatic heterocycles. The third-order valence-electron chi connectivity index (χ3n) is 5.16. The first-order valence-electron chi connectivity index (χ1n) is 10.8. The minimum absolute atomic E-state index is 0.282. The third kappa shape index (κ3) is 7.11. The van der Waals surface area contributed by atoms with Crippen molar-refractivity contribution in [1.29, 1.82) is 0 Å². The summed E-state index contributed by atoms with van der Waals surface area (Å²) in [6.07, 6.45) is 7.17. The molecule has 3 aromatic carbocycles. The first-order valence-corrected chi connectivity index (χ1v) is 12.2. The molecule has 0 saturated heterocycles. The molecule has 12 heteroatoms. The van der Waals surface area contributed by atoms with E-state index in [-0.39, 0.29) is 5.91 Å². The molecule has 5 aromatic rings. The monoisotopic (exact) mass is 518 g/mol. The molecule has 0 saturated carbocycles. The molecular formula is C25H22N6O5S. The van der Waals surface area contributed by atoms with Gasteiger partial charge in [-0.15, -0.1) is 0 Å². The van der Waals surface area contributed by atoms with Crippen molar-refractivity contribution in [1.82, 2.24) is 15.4 Å². The zero-order valence-corrected chi connectivity index (χ0v) is 20.0. The fraction of sp³-hybridized carbons (Fsp3) is 0. The molecule has 2 heterocycles. The highest BCUT2D eigenvalue weighted by Crippen LogP contribution is 2.17. The van der Waals surface area contributed by atoms with E-state index in [0.717, 1.165) is 38.6 Å². The SMILES string of the molecule is O=C(N/N=C/c1c[nH]c2ccccc12)c1ccc(N/N=C/c2c[nH]c3ccccc23)cc1.O=S(=O)(O)O. The number of hydrogen-bond acceptors (Lipinski definition) is 6. The molecule has 0 spiro atoms. The van der Waals surface area contributed by atoms with Crippen LogP contribution in [0.25, 0.3) is 21.8 Å². The van der Waals surface area contributed by atoms with Crippen LogP contribution in [0.2, 0.25) is 0 Å². The molecule has 0 radical (unpaired) electrons. The normalized spacial score (nSPS) is 11.6. The van der Waals surface area contributed by atoms with Crippen molar-refractivity contribution < 1.29 is 22.3 Å². The quantitative estimate of drug-likeness (QED) is 0.112. The van der Waals surface area contributed by atoms with Gasteiger partial charge in [0.05, 0.1) is 18.1 Å². The first-order chi connectivity index (χ1) is 17.8. The van der Waals surface area contributed by atoms with Crippen LogP contribution in [0.4, 0.5) is 5.69 Å². The Morgan fingerprint density at radius 3 is 1.78 bits per heavy atom. The summed E-state index contributed by atoms with van der Waals surface area (Å²) in [5.41, 5.74) is 10.8. The van der Waals surface area contributed by atoms with Gasteiger partial charge in [0.2, 0.25) is 0 Å². The van der Waals surface area contributed by atoms with E-state index in [9.17, 15) is 4.79 Å². The second kappa shape index (κ2) is 11.3. The maximum atomic E-state index is 12.4. The van der Waals surface area contributed by atoms with Crippen molar-refractivity contribution in [2.45, 2.75) is 0 Å². The van der Waals surface area contributed by atoms with Gasteiger partial charge in [-0.3, -0.25) is 19.3 Å². The second-order valence-corrected chi connectivity index (χ2v) is 8.57. The maximum Gasteiger partial charge on any atom is 0.394 e. The second-order valence-electron chi connectivity index (χ2n) is 7.67. The van der Waals surface area contributed by atoms with Gasteiger partial charge in [0.1, 0.15) is 0 Å². The first kappa shape index (κ1) is 25.3. The molecule has 0 aliphatic carbocycles. The number of nitrogens with one attached hydrogen (secondary N) is 4. The van der Waals surface area contributed by atoms with E-state index < -0.39 is 10.4 Å². The summed E-state index contributed by atoms with van der Waals surface area (Å²) in [7, 11) is -4.67. The average molecular weight is 519 g/mol. The summed E-state index contributed by atoms with van der Waals surface area (Å²) >= 11 is 0. The number of fused-ring (bicyclic) bond motifs is 2. The lowest BCUT2D eigenvalue weighted by Crippen LogP contribution is -2.17. The van der Waals surface area contributed by atoms with E-state index in [1.165, 1.54) is 0 Å². The summed E-state index contributed by atoms with van der Waals surface area (Å²) in [4.78, 5) is 18.7. The number of benzene rings is 3. The van der Waals surface area contributed by atoms with Crippen LogP contribution in [0.3, 0.4) is 0 Å². The molecule has 6 N–H and O–H groups in total. The number of hydrazone groups is 2. The van der Waals surface area contributed by atoms with Crippen molar-refractivity contribution in [2.24, 2.45) is 10.2 Å². The Balaban J connectivity index is 0.000000586. The number of carbonyl (C=O) groups excluding carboxylic acids is 1. The average Bonchev–Trinajstić information content (AvgIpc) is 3.48. The molecule has 0 fully saturated rings. The fourth-order valence-corrected chi connectivity index (χ4v) is 3.50. The van der Waals surface area contributed by atoms with Gasteiger partial charge in [-0.2, -0.15) is 18.6 Å². The number of carbonyl (C=O) groups is 1. The summed E-state index contributed by atoms with van der Waals surface area (Å²) in [6, 6.07) is 23.0. The number of H-pyrrole nitrogens is 2. The Morgan fingerprint density at radius 2 is 1.24 bits per heavy atom. The Bertz CT molecular complexity index is 1680. The maximum absolute atomic E-state index is 12.4. The smallest absolute Gasteiger partial charge is 0.361 e. The summed E-state index contributed by atoms with van der Waals surface area (Å²) < 4.78 is 31.6. The standard InChI is InChI=1S/C25H20N6O.H2O4S/c32-25(31-29-16-19-14-27-24-8-4-2-6-22(19)24)17-9-11-20(12-10-17)30-28-15-18-13-26-23-7-3-1-5-21(18)23;1-5(2,3)4/h1-16,26-27,30H,(H,31,32);(H2,1,2,3,4)/b28-15+,29-16+;.